The first-order chi connectivity index (χ1) is 7.78. The predicted octanol–water partition coefficient (Wildman–Crippen LogP) is 0.720. The van der Waals surface area contributed by atoms with Crippen molar-refractivity contribution >= 4 is 6.09 Å². The van der Waals surface area contributed by atoms with E-state index >= 15 is 0 Å². The zero-order valence-corrected chi connectivity index (χ0v) is 10.8. The van der Waals surface area contributed by atoms with Crippen molar-refractivity contribution in [3.63, 3.8) is 0 Å². The Morgan fingerprint density at radius 2 is 2.06 bits per heavy atom. The van der Waals surface area contributed by atoms with Crippen LogP contribution in [0.2, 0.25) is 0 Å². The van der Waals surface area contributed by atoms with Gasteiger partial charge in [0.05, 0.1) is 11.6 Å². The van der Waals surface area contributed by atoms with Crippen molar-refractivity contribution in [2.24, 2.45) is 0 Å². The first-order valence-electron chi connectivity index (χ1n) is 6.20. The van der Waals surface area contributed by atoms with Crippen LogP contribution in [0.3, 0.4) is 0 Å². The van der Waals surface area contributed by atoms with Crippen LogP contribution in [0.4, 0.5) is 4.79 Å². The van der Waals surface area contributed by atoms with Crippen molar-refractivity contribution < 1.29 is 14.6 Å². The van der Waals surface area contributed by atoms with Crippen LogP contribution in [0.15, 0.2) is 0 Å². The second kappa shape index (κ2) is 4.14. The largest absolute Gasteiger partial charge is 0.444 e. The summed E-state index contributed by atoms with van der Waals surface area (Å²) < 4.78 is 5.25. The molecule has 0 unspecified atom stereocenters. The summed E-state index contributed by atoms with van der Waals surface area (Å²) in [6.07, 6.45) is 1.47. The number of ether oxygens (including phenoxy) is 1. The van der Waals surface area contributed by atoms with E-state index in [2.05, 4.69) is 10.2 Å². The molecule has 98 valence electrons. The maximum atomic E-state index is 11.7. The zero-order chi connectivity index (χ0) is 12.7. The number of rotatable bonds is 3. The zero-order valence-electron chi connectivity index (χ0n) is 10.8. The van der Waals surface area contributed by atoms with Crippen LogP contribution >= 0.6 is 0 Å². The minimum Gasteiger partial charge on any atom is -0.444 e. The second-order valence-corrected chi connectivity index (χ2v) is 6.26. The normalized spacial score (nSPS) is 24.0. The fraction of sp³-hybridized carbons (Fsp3) is 0.917. The lowest BCUT2D eigenvalue weighted by molar-refractivity contribution is -0.00639. The Balaban J connectivity index is 1.76. The van der Waals surface area contributed by atoms with Crippen LogP contribution in [-0.4, -0.2) is 53.0 Å². The smallest absolute Gasteiger partial charge is 0.408 e. The van der Waals surface area contributed by atoms with Gasteiger partial charge in [0.15, 0.2) is 0 Å². The summed E-state index contributed by atoms with van der Waals surface area (Å²) in [5, 5.41) is 12.2. The van der Waals surface area contributed by atoms with Crippen LogP contribution in [0.25, 0.3) is 0 Å². The van der Waals surface area contributed by atoms with E-state index in [4.69, 9.17) is 4.74 Å². The molecular weight excluding hydrogens is 220 g/mol. The summed E-state index contributed by atoms with van der Waals surface area (Å²) in [7, 11) is 0. The molecule has 17 heavy (non-hydrogen) atoms. The quantitative estimate of drug-likeness (QED) is 0.765. The standard InChI is InChI=1S/C12H22N2O3/c1-11(2,3)17-10(16)13-12(4-5-12)8-14-6-9(15)7-14/h9,15H,4-8H2,1-3H3,(H,13,16). The number of β-amino-alcohol motifs (C(OH)–C–C–N with tert-alkyl or cyclic N) is 1. The van der Waals surface area contributed by atoms with Gasteiger partial charge in [0.2, 0.25) is 0 Å². The van der Waals surface area contributed by atoms with Gasteiger partial charge in [-0.3, -0.25) is 4.90 Å². The Hall–Kier alpha value is -0.810. The van der Waals surface area contributed by atoms with Crippen molar-refractivity contribution in [3.05, 3.63) is 0 Å². The van der Waals surface area contributed by atoms with Crippen LogP contribution in [0.5, 0.6) is 0 Å². The molecule has 2 rings (SSSR count). The van der Waals surface area contributed by atoms with Gasteiger partial charge in [-0.15, -0.1) is 0 Å². The highest BCUT2D eigenvalue weighted by Gasteiger charge is 2.47. The van der Waals surface area contributed by atoms with Gasteiger partial charge in [0.25, 0.3) is 0 Å². The number of carbonyl (C=O) groups is 1. The third-order valence-corrected chi connectivity index (χ3v) is 3.08. The fourth-order valence-corrected chi connectivity index (χ4v) is 2.09. The SMILES string of the molecule is CC(C)(C)OC(=O)NC1(CN2CC(O)C2)CC1. The first kappa shape index (κ1) is 12.6. The molecule has 1 heterocycles. The number of carbonyl (C=O) groups excluding carboxylic acids is 1. The number of alkyl carbamates (subject to hydrolysis) is 1. The summed E-state index contributed by atoms with van der Waals surface area (Å²) >= 11 is 0. The summed E-state index contributed by atoms with van der Waals surface area (Å²) in [6, 6.07) is 0. The number of likely N-dealkylation sites (tertiary alicyclic amines) is 1. The van der Waals surface area contributed by atoms with Crippen molar-refractivity contribution in [1.29, 1.82) is 0 Å². The number of hydrogen-bond donors (Lipinski definition) is 2. The van der Waals surface area contributed by atoms with E-state index < -0.39 is 5.60 Å². The Kier molecular flexibility index (Phi) is 3.08. The van der Waals surface area contributed by atoms with E-state index in [-0.39, 0.29) is 17.7 Å². The van der Waals surface area contributed by atoms with Crippen molar-refractivity contribution in [3.8, 4) is 0 Å². The molecule has 1 saturated carbocycles. The molecule has 0 spiro atoms. The van der Waals surface area contributed by atoms with Crippen molar-refractivity contribution in [2.75, 3.05) is 19.6 Å². The topological polar surface area (TPSA) is 61.8 Å². The highest BCUT2D eigenvalue weighted by atomic mass is 16.6. The molecule has 5 heteroatoms. The van der Waals surface area contributed by atoms with Gasteiger partial charge in [0, 0.05) is 19.6 Å². The Bertz CT molecular complexity index is 301. The van der Waals surface area contributed by atoms with E-state index in [1.807, 2.05) is 20.8 Å². The lowest BCUT2D eigenvalue weighted by atomic mass is 10.1. The number of amides is 1. The van der Waals surface area contributed by atoms with Gasteiger partial charge in [-0.1, -0.05) is 0 Å². The van der Waals surface area contributed by atoms with Crippen molar-refractivity contribution in [1.82, 2.24) is 10.2 Å². The van der Waals surface area contributed by atoms with Crippen LogP contribution in [-0.2, 0) is 4.74 Å². The van der Waals surface area contributed by atoms with E-state index in [0.29, 0.717) is 0 Å². The minimum atomic E-state index is -0.451. The highest BCUT2D eigenvalue weighted by molar-refractivity contribution is 5.69. The molecule has 0 aromatic carbocycles. The first-order valence-corrected chi connectivity index (χ1v) is 6.20. The van der Waals surface area contributed by atoms with Gasteiger partial charge in [0.1, 0.15) is 5.60 Å². The van der Waals surface area contributed by atoms with Crippen LogP contribution in [0, 0.1) is 0 Å². The highest BCUT2D eigenvalue weighted by Crippen LogP contribution is 2.37. The van der Waals surface area contributed by atoms with Gasteiger partial charge < -0.3 is 15.2 Å². The molecular formula is C12H22N2O3. The third-order valence-electron chi connectivity index (χ3n) is 3.08. The Morgan fingerprint density at radius 3 is 2.47 bits per heavy atom. The number of nitrogens with zero attached hydrogens (tertiary/aromatic N) is 1. The third kappa shape index (κ3) is 3.57. The number of nitrogens with one attached hydrogen (secondary N) is 1. The number of aliphatic hydroxyl groups is 1. The van der Waals surface area contributed by atoms with Crippen molar-refractivity contribution in [2.45, 2.75) is 50.9 Å². The summed E-state index contributed by atoms with van der Waals surface area (Å²) in [5.41, 5.74) is -0.560. The Labute approximate surface area is 102 Å². The maximum absolute atomic E-state index is 11.7. The minimum absolute atomic E-state index is 0.109. The van der Waals surface area contributed by atoms with Crippen LogP contribution < -0.4 is 5.32 Å². The predicted molar refractivity (Wildman–Crippen MR) is 63.8 cm³/mol. The molecule has 0 aromatic rings. The number of hydrogen-bond acceptors (Lipinski definition) is 4. The molecule has 0 radical (unpaired) electrons. The second-order valence-electron chi connectivity index (χ2n) is 6.26. The van der Waals surface area contributed by atoms with Gasteiger partial charge in [-0.05, 0) is 33.6 Å². The summed E-state index contributed by atoms with van der Waals surface area (Å²) in [5.74, 6) is 0. The molecule has 2 N–H and O–H groups in total. The molecule has 2 aliphatic rings. The molecule has 0 bridgehead atoms. The van der Waals surface area contributed by atoms with Gasteiger partial charge in [-0.25, -0.2) is 4.79 Å². The molecule has 5 nitrogen and oxygen atoms in total. The summed E-state index contributed by atoms with van der Waals surface area (Å²) in [4.78, 5) is 13.8. The maximum Gasteiger partial charge on any atom is 0.408 e. The fourth-order valence-electron chi connectivity index (χ4n) is 2.09. The van der Waals surface area contributed by atoms with E-state index in [1.165, 1.54) is 0 Å². The van der Waals surface area contributed by atoms with E-state index in [0.717, 1.165) is 32.5 Å². The molecule has 1 amide bonds. The number of aliphatic hydroxyl groups excluding tert-OH is 1. The average Bonchev–Trinajstić information content (AvgIpc) is 2.78. The molecule has 1 aliphatic carbocycles. The monoisotopic (exact) mass is 242 g/mol. The molecule has 2 fully saturated rings. The average molecular weight is 242 g/mol. The Morgan fingerprint density at radius 1 is 1.47 bits per heavy atom. The van der Waals surface area contributed by atoms with E-state index in [1.54, 1.807) is 0 Å². The van der Waals surface area contributed by atoms with Crippen LogP contribution in [0.1, 0.15) is 33.6 Å². The molecule has 0 atom stereocenters. The lowest BCUT2D eigenvalue weighted by Crippen LogP contribution is -2.57. The van der Waals surface area contributed by atoms with Gasteiger partial charge >= 0.3 is 6.09 Å². The molecule has 1 aliphatic heterocycles. The van der Waals surface area contributed by atoms with E-state index in [9.17, 15) is 9.90 Å². The molecule has 1 saturated heterocycles. The summed E-state index contributed by atoms with van der Waals surface area (Å²) in [6.45, 7) is 7.84. The van der Waals surface area contributed by atoms with Gasteiger partial charge in [-0.2, -0.15) is 0 Å². The lowest BCUT2D eigenvalue weighted by Gasteiger charge is -2.38. The molecule has 0 aromatic heterocycles.